The minimum Gasteiger partial charge on any atom is -0.357 e. The van der Waals surface area contributed by atoms with E-state index in [1.54, 1.807) is 0 Å². The Kier molecular flexibility index (Phi) is 4.81. The largest absolute Gasteiger partial charge is 0.357 e. The normalized spacial score (nSPS) is 23.1. The SMILES string of the molecule is CN1C(=O)c2c(c3c4ccccc4n(C4OCC(C)(C)C(C)(C)C4(C)C)c3c3c2c2ccccc2n3C)C1(C)C. The molecule has 1 amide bonds. The third-order valence-electron chi connectivity index (χ3n) is 11.7. The summed E-state index contributed by atoms with van der Waals surface area (Å²) in [4.78, 5) is 16.0. The second-order valence-corrected chi connectivity index (χ2v) is 14.5. The van der Waals surface area contributed by atoms with Gasteiger partial charge in [0.2, 0.25) is 0 Å². The number of ether oxygens (including phenoxy) is 1. The third-order valence-corrected chi connectivity index (χ3v) is 11.7. The molecule has 0 spiro atoms. The minimum atomic E-state index is -0.463. The Bertz CT molecular complexity index is 1910. The zero-order valence-electron chi connectivity index (χ0n) is 25.6. The zero-order valence-corrected chi connectivity index (χ0v) is 25.6. The number of aromatic nitrogens is 2. The summed E-state index contributed by atoms with van der Waals surface area (Å²) in [6, 6.07) is 17.2. The number of amides is 1. The monoisotopic (exact) mass is 535 g/mol. The summed E-state index contributed by atoms with van der Waals surface area (Å²) in [5.41, 5.74) is 5.88. The van der Waals surface area contributed by atoms with E-state index in [-0.39, 0.29) is 28.4 Å². The smallest absolute Gasteiger partial charge is 0.255 e. The van der Waals surface area contributed by atoms with E-state index < -0.39 is 5.54 Å². The molecular formula is C35H41N3O2. The molecule has 0 saturated carbocycles. The number of para-hydroxylation sites is 2. The lowest BCUT2D eigenvalue weighted by Gasteiger charge is -2.59. The van der Waals surface area contributed by atoms with Gasteiger partial charge in [0.05, 0.1) is 34.3 Å². The highest BCUT2D eigenvalue weighted by molar-refractivity contribution is 6.31. The molecule has 0 N–H and O–H groups in total. The van der Waals surface area contributed by atoms with E-state index in [1.165, 1.54) is 16.3 Å². The van der Waals surface area contributed by atoms with Crippen molar-refractivity contribution in [1.82, 2.24) is 14.0 Å². The van der Waals surface area contributed by atoms with E-state index in [1.807, 2.05) is 11.9 Å². The average molecular weight is 536 g/mol. The van der Waals surface area contributed by atoms with Crippen molar-refractivity contribution in [2.75, 3.05) is 13.7 Å². The van der Waals surface area contributed by atoms with Gasteiger partial charge in [-0.05, 0) is 36.8 Å². The van der Waals surface area contributed by atoms with Gasteiger partial charge in [-0.15, -0.1) is 0 Å². The van der Waals surface area contributed by atoms with Gasteiger partial charge in [-0.3, -0.25) is 4.79 Å². The van der Waals surface area contributed by atoms with Crippen LogP contribution in [0.4, 0.5) is 0 Å². The van der Waals surface area contributed by atoms with Gasteiger partial charge in [0.15, 0.2) is 0 Å². The van der Waals surface area contributed by atoms with Crippen molar-refractivity contribution in [2.24, 2.45) is 23.3 Å². The first kappa shape index (κ1) is 25.6. The number of carbonyl (C=O) groups is 1. The lowest BCUT2D eigenvalue weighted by molar-refractivity contribution is -0.234. The zero-order chi connectivity index (χ0) is 28.7. The average Bonchev–Trinajstić information content (AvgIpc) is 3.44. The Morgan fingerprint density at radius 1 is 0.775 bits per heavy atom. The van der Waals surface area contributed by atoms with Crippen LogP contribution in [0.2, 0.25) is 0 Å². The van der Waals surface area contributed by atoms with Gasteiger partial charge in [0.25, 0.3) is 5.91 Å². The fraction of sp³-hybridized carbons (Fsp3) is 0.457. The van der Waals surface area contributed by atoms with Gasteiger partial charge < -0.3 is 18.8 Å². The first-order chi connectivity index (χ1) is 18.7. The molecule has 2 aromatic heterocycles. The van der Waals surface area contributed by atoms with Crippen molar-refractivity contribution in [3.63, 3.8) is 0 Å². The van der Waals surface area contributed by atoms with Crippen LogP contribution in [0.3, 0.4) is 0 Å². The maximum absolute atomic E-state index is 14.1. The van der Waals surface area contributed by atoms with Crippen LogP contribution in [-0.2, 0) is 17.3 Å². The topological polar surface area (TPSA) is 39.4 Å². The molecule has 2 aliphatic rings. The Hall–Kier alpha value is -3.31. The first-order valence-electron chi connectivity index (χ1n) is 14.5. The molecule has 208 valence electrons. The van der Waals surface area contributed by atoms with E-state index in [2.05, 4.69) is 120 Å². The predicted molar refractivity (Wildman–Crippen MR) is 165 cm³/mol. The molecule has 3 aromatic carbocycles. The molecular weight excluding hydrogens is 494 g/mol. The van der Waals surface area contributed by atoms with Gasteiger partial charge in [-0.25, -0.2) is 0 Å². The standard InChI is InChI=1S/C35H41N3O2/c1-32(2)19-40-31(33(3,4)35(32,7)8)38-23-18-14-12-16-21(23)25-27-26(30(39)37(10)34(27,5)6)24-20-15-11-13-17-22(20)36(9)28(24)29(25)38/h11-18,31H,19H2,1-10H3. The molecule has 1 unspecified atom stereocenters. The van der Waals surface area contributed by atoms with Crippen molar-refractivity contribution >= 4 is 49.5 Å². The fourth-order valence-corrected chi connectivity index (χ4v) is 7.84. The molecule has 5 heteroatoms. The number of benzene rings is 3. The molecule has 1 fully saturated rings. The summed E-state index contributed by atoms with van der Waals surface area (Å²) in [6.07, 6.45) is -0.185. The predicted octanol–water partition coefficient (Wildman–Crippen LogP) is 8.37. The van der Waals surface area contributed by atoms with Crippen molar-refractivity contribution in [1.29, 1.82) is 0 Å². The van der Waals surface area contributed by atoms with Crippen LogP contribution in [0.25, 0.3) is 43.6 Å². The van der Waals surface area contributed by atoms with Crippen molar-refractivity contribution in [3.8, 4) is 0 Å². The second kappa shape index (κ2) is 7.50. The van der Waals surface area contributed by atoms with E-state index >= 15 is 0 Å². The lowest BCUT2D eigenvalue weighted by Crippen LogP contribution is -2.56. The summed E-state index contributed by atoms with van der Waals surface area (Å²) in [5, 5.41) is 4.54. The lowest BCUT2D eigenvalue weighted by atomic mass is 9.53. The summed E-state index contributed by atoms with van der Waals surface area (Å²) < 4.78 is 11.7. The van der Waals surface area contributed by atoms with E-state index in [4.69, 9.17) is 4.74 Å². The van der Waals surface area contributed by atoms with Gasteiger partial charge in [-0.1, -0.05) is 77.9 Å². The second-order valence-electron chi connectivity index (χ2n) is 14.5. The van der Waals surface area contributed by atoms with Crippen LogP contribution < -0.4 is 0 Å². The van der Waals surface area contributed by atoms with Crippen LogP contribution in [0.1, 0.15) is 77.5 Å². The molecule has 5 nitrogen and oxygen atoms in total. The first-order valence-corrected chi connectivity index (χ1v) is 14.5. The molecule has 40 heavy (non-hydrogen) atoms. The van der Waals surface area contributed by atoms with Crippen LogP contribution >= 0.6 is 0 Å². The fourth-order valence-electron chi connectivity index (χ4n) is 7.84. The van der Waals surface area contributed by atoms with Crippen LogP contribution in [-0.4, -0.2) is 33.6 Å². The molecule has 1 saturated heterocycles. The molecule has 5 aromatic rings. The van der Waals surface area contributed by atoms with E-state index in [0.717, 1.165) is 38.4 Å². The van der Waals surface area contributed by atoms with Gasteiger partial charge in [-0.2, -0.15) is 0 Å². The number of nitrogens with zero attached hydrogens (tertiary/aromatic N) is 3. The maximum atomic E-state index is 14.1. The Morgan fingerprint density at radius 2 is 1.35 bits per heavy atom. The van der Waals surface area contributed by atoms with Crippen LogP contribution in [0, 0.1) is 16.2 Å². The van der Waals surface area contributed by atoms with Gasteiger partial charge in [0.1, 0.15) is 6.23 Å². The minimum absolute atomic E-state index is 0.00909. The summed E-state index contributed by atoms with van der Waals surface area (Å²) in [5.74, 6) is 0.0946. The molecule has 0 aliphatic carbocycles. The molecule has 1 atom stereocenters. The van der Waals surface area contributed by atoms with E-state index in [0.29, 0.717) is 6.61 Å². The molecule has 0 bridgehead atoms. The van der Waals surface area contributed by atoms with Gasteiger partial charge in [0, 0.05) is 52.1 Å². The number of aryl methyl sites for hydroxylation is 1. The molecule has 0 radical (unpaired) electrons. The Morgan fingerprint density at radius 3 is 2.00 bits per heavy atom. The Labute approximate surface area is 236 Å². The Balaban J connectivity index is 1.77. The summed E-state index contributed by atoms with van der Waals surface area (Å²) >= 11 is 0. The third kappa shape index (κ3) is 2.70. The molecule has 7 rings (SSSR count). The van der Waals surface area contributed by atoms with Gasteiger partial charge >= 0.3 is 0 Å². The highest BCUT2D eigenvalue weighted by atomic mass is 16.5. The van der Waals surface area contributed by atoms with Crippen molar-refractivity contribution in [3.05, 3.63) is 59.7 Å². The quantitative estimate of drug-likeness (QED) is 0.216. The number of fused-ring (bicyclic) bond motifs is 10. The van der Waals surface area contributed by atoms with Crippen LogP contribution in [0.15, 0.2) is 48.5 Å². The number of rotatable bonds is 1. The highest BCUT2D eigenvalue weighted by Gasteiger charge is 2.57. The van der Waals surface area contributed by atoms with Crippen molar-refractivity contribution in [2.45, 2.75) is 67.2 Å². The van der Waals surface area contributed by atoms with Crippen LogP contribution in [0.5, 0.6) is 0 Å². The summed E-state index contributed by atoms with van der Waals surface area (Å²) in [7, 11) is 4.09. The molecule has 4 heterocycles. The number of hydrogen-bond acceptors (Lipinski definition) is 2. The number of carbonyl (C=O) groups excluding carboxylic acids is 1. The van der Waals surface area contributed by atoms with E-state index in [9.17, 15) is 4.79 Å². The maximum Gasteiger partial charge on any atom is 0.255 e. The van der Waals surface area contributed by atoms with Crippen molar-refractivity contribution < 1.29 is 9.53 Å². The number of hydrogen-bond donors (Lipinski definition) is 0. The molecule has 2 aliphatic heterocycles. The highest BCUT2D eigenvalue weighted by Crippen LogP contribution is 2.62. The summed E-state index contributed by atoms with van der Waals surface area (Å²) in [6.45, 7) is 19.2.